The van der Waals surface area contributed by atoms with Gasteiger partial charge in [0.1, 0.15) is 5.58 Å². The first-order valence-corrected chi connectivity index (χ1v) is 17.3. The maximum atomic E-state index is 6.49. The first kappa shape index (κ1) is 26.9. The van der Waals surface area contributed by atoms with E-state index in [1.165, 1.54) is 60.0 Å². The minimum Gasteiger partial charge on any atom is -0.437 e. The van der Waals surface area contributed by atoms with Crippen LogP contribution in [0.25, 0.3) is 110 Å². The van der Waals surface area contributed by atoms with Crippen LogP contribution in [0.1, 0.15) is 0 Å². The van der Waals surface area contributed by atoms with Crippen LogP contribution in [-0.2, 0) is 0 Å². The van der Waals surface area contributed by atoms with E-state index in [0.717, 1.165) is 38.8 Å². The molecular formula is C46H26N4O. The number of rotatable bonds is 3. The fraction of sp³-hybridized carbons (Fsp3) is 0. The van der Waals surface area contributed by atoms with Crippen LogP contribution in [0.15, 0.2) is 162 Å². The molecule has 5 aromatic heterocycles. The molecule has 0 unspecified atom stereocenters. The van der Waals surface area contributed by atoms with Crippen molar-refractivity contribution < 1.29 is 4.42 Å². The Bertz CT molecular complexity index is 3350. The Morgan fingerprint density at radius 1 is 0.412 bits per heavy atom. The Labute approximate surface area is 290 Å². The van der Waals surface area contributed by atoms with E-state index >= 15 is 0 Å². The predicted octanol–water partition coefficient (Wildman–Crippen LogP) is 12.0. The van der Waals surface area contributed by atoms with E-state index in [0.29, 0.717) is 11.5 Å². The Morgan fingerprint density at radius 2 is 1.06 bits per heavy atom. The van der Waals surface area contributed by atoms with Gasteiger partial charge in [-0.25, -0.2) is 4.98 Å². The van der Waals surface area contributed by atoms with Crippen LogP contribution < -0.4 is 0 Å². The van der Waals surface area contributed by atoms with Crippen LogP contribution in [-0.4, -0.2) is 18.9 Å². The summed E-state index contributed by atoms with van der Waals surface area (Å²) in [6.07, 6.45) is 0. The van der Waals surface area contributed by atoms with Gasteiger partial charge < -0.3 is 8.82 Å². The van der Waals surface area contributed by atoms with Gasteiger partial charge in [-0.3, -0.25) is 4.57 Å². The van der Waals surface area contributed by atoms with Gasteiger partial charge in [-0.2, -0.15) is 4.98 Å². The number of nitrogens with zero attached hydrogens (tertiary/aromatic N) is 4. The molecule has 51 heavy (non-hydrogen) atoms. The maximum Gasteiger partial charge on any atom is 0.233 e. The number of para-hydroxylation sites is 3. The van der Waals surface area contributed by atoms with Crippen LogP contribution in [0.4, 0.5) is 0 Å². The van der Waals surface area contributed by atoms with E-state index < -0.39 is 0 Å². The molecule has 5 heteroatoms. The molecule has 0 aliphatic heterocycles. The van der Waals surface area contributed by atoms with E-state index in [4.69, 9.17) is 14.4 Å². The number of hydrogen-bond acceptors (Lipinski definition) is 3. The van der Waals surface area contributed by atoms with Crippen LogP contribution in [0, 0.1) is 0 Å². The summed E-state index contributed by atoms with van der Waals surface area (Å²) in [5.74, 6) is 1.44. The third-order valence-electron chi connectivity index (χ3n) is 10.7. The second-order valence-corrected chi connectivity index (χ2v) is 13.4. The highest BCUT2D eigenvalue weighted by molar-refractivity contribution is 6.34. The zero-order valence-electron chi connectivity index (χ0n) is 27.2. The molecule has 0 aliphatic rings. The van der Waals surface area contributed by atoms with Crippen LogP contribution >= 0.6 is 0 Å². The van der Waals surface area contributed by atoms with Crippen molar-refractivity contribution >= 4 is 82.0 Å². The van der Waals surface area contributed by atoms with E-state index in [-0.39, 0.29) is 0 Å². The molecule has 5 heterocycles. The summed E-state index contributed by atoms with van der Waals surface area (Å²) in [5, 5.41) is 9.19. The molecule has 0 bridgehead atoms. The lowest BCUT2D eigenvalue weighted by atomic mass is 10.0. The van der Waals surface area contributed by atoms with Crippen molar-refractivity contribution in [2.45, 2.75) is 0 Å². The van der Waals surface area contributed by atoms with E-state index in [1.807, 2.05) is 30.3 Å². The Balaban J connectivity index is 1.31. The highest BCUT2D eigenvalue weighted by atomic mass is 16.3. The Kier molecular flexibility index (Phi) is 5.17. The summed E-state index contributed by atoms with van der Waals surface area (Å²) >= 11 is 0. The first-order chi connectivity index (χ1) is 25.3. The summed E-state index contributed by atoms with van der Waals surface area (Å²) < 4.78 is 11.3. The zero-order chi connectivity index (χ0) is 33.2. The molecular weight excluding hydrogens is 625 g/mol. The predicted molar refractivity (Wildman–Crippen MR) is 209 cm³/mol. The molecule has 0 saturated heterocycles. The van der Waals surface area contributed by atoms with Gasteiger partial charge in [-0.05, 0) is 41.5 Å². The smallest absolute Gasteiger partial charge is 0.233 e. The van der Waals surface area contributed by atoms with Crippen molar-refractivity contribution in [1.82, 2.24) is 18.9 Å². The fourth-order valence-electron chi connectivity index (χ4n) is 8.52. The summed E-state index contributed by atoms with van der Waals surface area (Å²) in [4.78, 5) is 10.5. The maximum absolute atomic E-state index is 6.49. The second-order valence-electron chi connectivity index (χ2n) is 13.4. The van der Waals surface area contributed by atoms with E-state index in [9.17, 15) is 0 Å². The standard InChI is InChI=1S/C46H26N4O/c1-3-13-27(14-4-1)29-23-24-31-35-26-34-30-17-7-10-20-36(30)50(43(34)40-32-18-8-11-21-37(32)49(42(35)40)38(31)25-29)45-41-33-19-9-12-22-39(33)51-46(41)48-44(47-45)28-15-5-2-6-16-28/h1-26H. The monoisotopic (exact) mass is 650 g/mol. The summed E-state index contributed by atoms with van der Waals surface area (Å²) in [7, 11) is 0. The lowest BCUT2D eigenvalue weighted by molar-refractivity contribution is 0.653. The molecule has 0 atom stereocenters. The quantitative estimate of drug-likeness (QED) is 0.191. The van der Waals surface area contributed by atoms with Crippen molar-refractivity contribution in [3.8, 4) is 28.3 Å². The Hall–Kier alpha value is -6.98. The number of hydrogen-bond donors (Lipinski definition) is 0. The van der Waals surface area contributed by atoms with Crippen LogP contribution in [0.2, 0.25) is 0 Å². The molecule has 0 radical (unpaired) electrons. The molecule has 0 N–H and O–H groups in total. The number of furan rings is 1. The number of aromatic nitrogens is 4. The number of benzene rings is 7. The molecule has 12 rings (SSSR count). The van der Waals surface area contributed by atoms with Crippen molar-refractivity contribution in [3.63, 3.8) is 0 Å². The highest BCUT2D eigenvalue weighted by Gasteiger charge is 2.27. The van der Waals surface area contributed by atoms with Gasteiger partial charge in [-0.15, -0.1) is 0 Å². The molecule has 12 aromatic rings. The largest absolute Gasteiger partial charge is 0.437 e. The van der Waals surface area contributed by atoms with E-state index in [1.54, 1.807) is 0 Å². The van der Waals surface area contributed by atoms with Gasteiger partial charge in [-0.1, -0.05) is 127 Å². The molecule has 0 saturated carbocycles. The lowest BCUT2D eigenvalue weighted by Gasteiger charge is -2.11. The zero-order valence-corrected chi connectivity index (χ0v) is 27.2. The molecule has 5 nitrogen and oxygen atoms in total. The third kappa shape index (κ3) is 3.54. The van der Waals surface area contributed by atoms with Gasteiger partial charge in [0, 0.05) is 43.3 Å². The second kappa shape index (κ2) is 9.80. The van der Waals surface area contributed by atoms with E-state index in [2.05, 4.69) is 136 Å². The molecule has 0 fully saturated rings. The summed E-state index contributed by atoms with van der Waals surface area (Å²) in [6, 6.07) is 55.9. The summed E-state index contributed by atoms with van der Waals surface area (Å²) in [6.45, 7) is 0. The molecule has 7 aromatic carbocycles. The van der Waals surface area contributed by atoms with Crippen molar-refractivity contribution in [3.05, 3.63) is 158 Å². The molecule has 0 aliphatic carbocycles. The minimum absolute atomic E-state index is 0.575. The molecule has 0 spiro atoms. The first-order valence-electron chi connectivity index (χ1n) is 17.3. The Morgan fingerprint density at radius 3 is 1.88 bits per heavy atom. The topological polar surface area (TPSA) is 48.3 Å². The normalized spacial score (nSPS) is 12.3. The van der Waals surface area contributed by atoms with Crippen molar-refractivity contribution in [1.29, 1.82) is 0 Å². The average molecular weight is 651 g/mol. The lowest BCUT2D eigenvalue weighted by Crippen LogP contribution is -2.02. The highest BCUT2D eigenvalue weighted by Crippen LogP contribution is 2.47. The minimum atomic E-state index is 0.575. The van der Waals surface area contributed by atoms with Gasteiger partial charge in [0.2, 0.25) is 5.71 Å². The SMILES string of the molecule is c1ccc(-c2ccc3c4cc5c6ccccc6n(-c6nc(-c7ccccc7)nc7oc8ccccc8c67)c5c5c6ccccc6n(c3c2)c45)cc1. The van der Waals surface area contributed by atoms with Crippen molar-refractivity contribution in [2.75, 3.05) is 0 Å². The van der Waals surface area contributed by atoms with Crippen LogP contribution in [0.5, 0.6) is 0 Å². The van der Waals surface area contributed by atoms with Gasteiger partial charge in [0.15, 0.2) is 11.6 Å². The summed E-state index contributed by atoms with van der Waals surface area (Å²) in [5.41, 5.74) is 10.6. The fourth-order valence-corrected chi connectivity index (χ4v) is 8.52. The van der Waals surface area contributed by atoms with Gasteiger partial charge in [0.25, 0.3) is 0 Å². The number of fused-ring (bicyclic) bond motifs is 13. The molecule has 236 valence electrons. The van der Waals surface area contributed by atoms with Gasteiger partial charge >= 0.3 is 0 Å². The van der Waals surface area contributed by atoms with Crippen LogP contribution in [0.3, 0.4) is 0 Å². The average Bonchev–Trinajstić information content (AvgIpc) is 3.93. The molecule has 0 amide bonds. The third-order valence-corrected chi connectivity index (χ3v) is 10.7. The van der Waals surface area contributed by atoms with Crippen molar-refractivity contribution in [2.24, 2.45) is 0 Å². The van der Waals surface area contributed by atoms with Gasteiger partial charge in [0.05, 0.1) is 33.0 Å².